The molecule has 0 fully saturated rings. The zero-order valence-corrected chi connectivity index (χ0v) is 12.3. The van der Waals surface area contributed by atoms with E-state index in [9.17, 15) is 0 Å². The van der Waals surface area contributed by atoms with Gasteiger partial charge in [0.15, 0.2) is 0 Å². The van der Waals surface area contributed by atoms with Gasteiger partial charge >= 0.3 is 0 Å². The quantitative estimate of drug-likeness (QED) is 0.829. The number of aryl methyl sites for hydroxylation is 1. The van der Waals surface area contributed by atoms with E-state index in [0.29, 0.717) is 12.6 Å². The van der Waals surface area contributed by atoms with Crippen molar-refractivity contribution >= 4 is 0 Å². The molecule has 1 unspecified atom stereocenters. The van der Waals surface area contributed by atoms with E-state index in [2.05, 4.69) is 61.6 Å². The molecule has 0 aliphatic carbocycles. The summed E-state index contributed by atoms with van der Waals surface area (Å²) in [5.74, 6) is 0.937. The van der Waals surface area contributed by atoms with Crippen LogP contribution in [0.3, 0.4) is 0 Å². The molecule has 2 rings (SSSR count). The van der Waals surface area contributed by atoms with E-state index < -0.39 is 0 Å². The lowest BCUT2D eigenvalue weighted by Gasteiger charge is -2.15. The Labute approximate surface area is 121 Å². The molecular formula is C18H23NO. The Balaban J connectivity index is 1.65. The van der Waals surface area contributed by atoms with Crippen LogP contribution in [-0.2, 0) is 6.42 Å². The molecule has 0 spiro atoms. The minimum atomic E-state index is 0.347. The van der Waals surface area contributed by atoms with Gasteiger partial charge in [0.05, 0.1) is 0 Å². The summed E-state index contributed by atoms with van der Waals surface area (Å²) in [7, 11) is 0. The monoisotopic (exact) mass is 269 g/mol. The summed E-state index contributed by atoms with van der Waals surface area (Å²) >= 11 is 0. The molecule has 2 heteroatoms. The molecule has 1 N–H and O–H groups in total. The Morgan fingerprint density at radius 1 is 1.00 bits per heavy atom. The molecule has 2 aromatic carbocycles. The normalized spacial score (nSPS) is 12.1. The van der Waals surface area contributed by atoms with Gasteiger partial charge in [-0.1, -0.05) is 48.0 Å². The fraction of sp³-hybridized carbons (Fsp3) is 0.333. The molecule has 0 aromatic heterocycles. The summed E-state index contributed by atoms with van der Waals surface area (Å²) in [4.78, 5) is 0. The van der Waals surface area contributed by atoms with Gasteiger partial charge in [-0.25, -0.2) is 0 Å². The van der Waals surface area contributed by atoms with Crippen LogP contribution >= 0.6 is 0 Å². The van der Waals surface area contributed by atoms with Crippen LogP contribution < -0.4 is 10.1 Å². The van der Waals surface area contributed by atoms with Crippen molar-refractivity contribution in [3.63, 3.8) is 0 Å². The largest absolute Gasteiger partial charge is 0.492 e. The molecule has 0 saturated carbocycles. The zero-order chi connectivity index (χ0) is 14.2. The van der Waals surface area contributed by atoms with Gasteiger partial charge in [-0.15, -0.1) is 0 Å². The first-order valence-electron chi connectivity index (χ1n) is 7.21. The first kappa shape index (κ1) is 14.6. The Bertz CT molecular complexity index is 493. The second-order valence-electron chi connectivity index (χ2n) is 5.21. The number of nitrogens with one attached hydrogen (secondary N) is 1. The van der Waals surface area contributed by atoms with Crippen LogP contribution in [0.5, 0.6) is 5.75 Å². The van der Waals surface area contributed by atoms with Gasteiger partial charge < -0.3 is 10.1 Å². The lowest BCUT2D eigenvalue weighted by Crippen LogP contribution is -2.33. The van der Waals surface area contributed by atoms with Crippen LogP contribution in [0.25, 0.3) is 0 Å². The van der Waals surface area contributed by atoms with Gasteiger partial charge in [0.2, 0.25) is 0 Å². The van der Waals surface area contributed by atoms with Crippen molar-refractivity contribution in [2.45, 2.75) is 26.3 Å². The van der Waals surface area contributed by atoms with Gasteiger partial charge in [0.1, 0.15) is 12.4 Å². The molecule has 0 bridgehead atoms. The molecule has 20 heavy (non-hydrogen) atoms. The molecule has 1 atom stereocenters. The van der Waals surface area contributed by atoms with E-state index in [1.807, 2.05) is 12.1 Å². The van der Waals surface area contributed by atoms with Crippen LogP contribution in [0.2, 0.25) is 0 Å². The zero-order valence-electron chi connectivity index (χ0n) is 12.3. The minimum Gasteiger partial charge on any atom is -0.492 e. The molecule has 0 saturated heterocycles. The van der Waals surface area contributed by atoms with Gasteiger partial charge in [0.25, 0.3) is 0 Å². The molecule has 0 aliphatic rings. The predicted molar refractivity (Wildman–Crippen MR) is 84.3 cm³/mol. The highest BCUT2D eigenvalue weighted by atomic mass is 16.5. The van der Waals surface area contributed by atoms with Crippen molar-refractivity contribution in [3.05, 3.63) is 65.7 Å². The predicted octanol–water partition coefficient (Wildman–Crippen LogP) is 3.59. The average molecular weight is 269 g/mol. The van der Waals surface area contributed by atoms with Crippen molar-refractivity contribution in [1.29, 1.82) is 0 Å². The third-order valence-electron chi connectivity index (χ3n) is 3.27. The Kier molecular flexibility index (Phi) is 5.63. The maximum atomic E-state index is 5.76. The van der Waals surface area contributed by atoms with Gasteiger partial charge in [-0.05, 0) is 44.5 Å². The molecule has 0 aliphatic heterocycles. The number of benzene rings is 2. The summed E-state index contributed by atoms with van der Waals surface area (Å²) in [5.41, 5.74) is 2.62. The lowest BCUT2D eigenvalue weighted by atomic mass is 10.1. The Morgan fingerprint density at radius 3 is 2.40 bits per heavy atom. The number of hydrogen-bond acceptors (Lipinski definition) is 2. The van der Waals surface area contributed by atoms with Crippen LogP contribution in [0, 0.1) is 6.92 Å². The fourth-order valence-corrected chi connectivity index (χ4v) is 2.02. The fourth-order valence-electron chi connectivity index (χ4n) is 2.02. The molecule has 2 nitrogen and oxygen atoms in total. The Hall–Kier alpha value is -1.80. The molecule has 2 aromatic rings. The highest BCUT2D eigenvalue weighted by Crippen LogP contribution is 2.11. The topological polar surface area (TPSA) is 21.3 Å². The third-order valence-corrected chi connectivity index (χ3v) is 3.27. The van der Waals surface area contributed by atoms with Crippen LogP contribution in [0.4, 0.5) is 0 Å². The minimum absolute atomic E-state index is 0.347. The molecule has 106 valence electrons. The number of hydrogen-bond donors (Lipinski definition) is 1. The number of ether oxygens (including phenoxy) is 1. The van der Waals surface area contributed by atoms with E-state index in [1.54, 1.807) is 0 Å². The van der Waals surface area contributed by atoms with Crippen molar-refractivity contribution < 1.29 is 4.74 Å². The van der Waals surface area contributed by atoms with Gasteiger partial charge in [-0.2, -0.15) is 0 Å². The van der Waals surface area contributed by atoms with Crippen LogP contribution in [0.15, 0.2) is 54.6 Å². The van der Waals surface area contributed by atoms with E-state index in [-0.39, 0.29) is 0 Å². The smallest absolute Gasteiger partial charge is 0.119 e. The second kappa shape index (κ2) is 7.71. The summed E-state index contributed by atoms with van der Waals surface area (Å²) in [6.07, 6.45) is 1.05. The average Bonchev–Trinajstić information content (AvgIpc) is 2.48. The van der Waals surface area contributed by atoms with Gasteiger partial charge in [-0.3, -0.25) is 0 Å². The van der Waals surface area contributed by atoms with Crippen molar-refractivity contribution in [3.8, 4) is 5.75 Å². The van der Waals surface area contributed by atoms with Crippen LogP contribution in [0.1, 0.15) is 18.1 Å². The van der Waals surface area contributed by atoms with E-state index >= 15 is 0 Å². The molecule has 0 radical (unpaired) electrons. The highest BCUT2D eigenvalue weighted by molar-refractivity contribution is 5.26. The van der Waals surface area contributed by atoms with E-state index in [0.717, 1.165) is 18.7 Å². The van der Waals surface area contributed by atoms with Crippen LogP contribution in [-0.4, -0.2) is 19.2 Å². The first-order valence-corrected chi connectivity index (χ1v) is 7.21. The van der Waals surface area contributed by atoms with E-state index in [1.165, 1.54) is 11.1 Å². The lowest BCUT2D eigenvalue weighted by molar-refractivity contribution is 0.274. The van der Waals surface area contributed by atoms with E-state index in [4.69, 9.17) is 4.74 Å². The SMILES string of the molecule is Cc1ccc(OCC(C)NCCc2ccccc2)cc1. The second-order valence-corrected chi connectivity index (χ2v) is 5.21. The standard InChI is InChI=1S/C18H23NO/c1-15-8-10-18(11-9-15)20-14-16(2)19-13-12-17-6-4-3-5-7-17/h3-11,16,19H,12-14H2,1-2H3. The van der Waals surface area contributed by atoms with Gasteiger partial charge in [0, 0.05) is 6.04 Å². The number of rotatable bonds is 7. The summed E-state index contributed by atoms with van der Waals surface area (Å²) in [6, 6.07) is 19.1. The van der Waals surface area contributed by atoms with Crippen molar-refractivity contribution in [2.24, 2.45) is 0 Å². The summed E-state index contributed by atoms with van der Waals surface area (Å²) < 4.78 is 5.76. The maximum Gasteiger partial charge on any atom is 0.119 e. The molecule has 0 heterocycles. The first-order chi connectivity index (χ1) is 9.74. The maximum absolute atomic E-state index is 5.76. The highest BCUT2D eigenvalue weighted by Gasteiger charge is 2.02. The van der Waals surface area contributed by atoms with Crippen molar-refractivity contribution in [2.75, 3.05) is 13.2 Å². The van der Waals surface area contributed by atoms with Crippen molar-refractivity contribution in [1.82, 2.24) is 5.32 Å². The third kappa shape index (κ3) is 5.06. The molecular weight excluding hydrogens is 246 g/mol. The summed E-state index contributed by atoms with van der Waals surface area (Å²) in [6.45, 7) is 5.90. The molecule has 0 amide bonds. The Morgan fingerprint density at radius 2 is 1.70 bits per heavy atom. The summed E-state index contributed by atoms with van der Waals surface area (Å²) in [5, 5.41) is 3.49.